The Bertz CT molecular complexity index is 1550. The number of ether oxygens (including phenoxy) is 2. The number of anilines is 1. The molecule has 0 N–H and O–H groups in total. The van der Waals surface area contributed by atoms with Crippen LogP contribution in [0.25, 0.3) is 11.3 Å². The summed E-state index contributed by atoms with van der Waals surface area (Å²) < 4.78 is 23.8. The number of likely N-dealkylation sites (N-methyl/N-ethyl adjacent to an activating group) is 1. The SMILES string of the molecule is COCCN(C)C(=O)OI1CCC(C(=O)N(CC2CCC(c3ccc(OC)c(C)n3)CC2)c2cc(-c3coc(C4CC4)n3)ccn2)CC1. The molecule has 2 amide bonds. The second-order valence-corrected chi connectivity index (χ2v) is 18.2. The molecule has 6 rings (SSSR count). The number of halogens is 1. The monoisotopic (exact) mass is 773 g/mol. The second kappa shape index (κ2) is 16.0. The molecule has 0 atom stereocenters. The summed E-state index contributed by atoms with van der Waals surface area (Å²) in [5.74, 6) is 3.46. The third kappa shape index (κ3) is 8.47. The van der Waals surface area contributed by atoms with E-state index in [4.69, 9.17) is 31.9 Å². The van der Waals surface area contributed by atoms with E-state index in [2.05, 4.69) is 6.07 Å². The van der Waals surface area contributed by atoms with Crippen LogP contribution in [0.3, 0.4) is 0 Å². The average molecular weight is 774 g/mol. The third-order valence-corrected chi connectivity index (χ3v) is 14.5. The molecule has 3 aromatic rings. The Kier molecular flexibility index (Phi) is 11.5. The van der Waals surface area contributed by atoms with Gasteiger partial charge in [-0.2, -0.15) is 0 Å². The van der Waals surface area contributed by atoms with Crippen molar-refractivity contribution in [1.82, 2.24) is 19.9 Å². The van der Waals surface area contributed by atoms with Crippen molar-refractivity contribution in [2.45, 2.75) is 70.1 Å². The van der Waals surface area contributed by atoms with Crippen molar-refractivity contribution >= 4 is 38.1 Å². The first-order valence-electron chi connectivity index (χ1n) is 17.1. The van der Waals surface area contributed by atoms with Gasteiger partial charge >= 0.3 is 243 Å². The van der Waals surface area contributed by atoms with Crippen molar-refractivity contribution in [2.75, 3.05) is 54.7 Å². The Morgan fingerprint density at radius 3 is 2.42 bits per heavy atom. The van der Waals surface area contributed by atoms with Gasteiger partial charge in [0.25, 0.3) is 0 Å². The zero-order valence-electron chi connectivity index (χ0n) is 28.5. The number of pyridine rings is 2. The fourth-order valence-corrected chi connectivity index (χ4v) is 11.4. The molecule has 48 heavy (non-hydrogen) atoms. The van der Waals surface area contributed by atoms with Crippen LogP contribution in [-0.2, 0) is 12.6 Å². The Morgan fingerprint density at radius 1 is 0.979 bits per heavy atom. The summed E-state index contributed by atoms with van der Waals surface area (Å²) in [5, 5.41) is 0. The van der Waals surface area contributed by atoms with Crippen LogP contribution in [0, 0.1) is 18.8 Å². The van der Waals surface area contributed by atoms with Crippen molar-refractivity contribution in [3.05, 3.63) is 54.0 Å². The average Bonchev–Trinajstić information content (AvgIpc) is 3.85. The molecule has 4 heterocycles. The standard InChI is InChI=1S/C36H48IN5O6/c1-24-32(46-4)12-11-30(39-24)26-7-5-25(6-8-26)22-42(33-21-29(15-18-38-33)31-23-47-34(40-31)27-9-10-27)35(43)28-13-16-37(17-14-28)48-36(44)41(2)19-20-45-3/h11-12,15,18,21,23,25-28H,5-10,13-14,16-17,19-20,22H2,1-4H3. The van der Waals surface area contributed by atoms with Crippen LogP contribution in [0.5, 0.6) is 5.75 Å². The van der Waals surface area contributed by atoms with Gasteiger partial charge in [0, 0.05) is 0 Å². The first-order chi connectivity index (χ1) is 23.3. The van der Waals surface area contributed by atoms with Gasteiger partial charge in [-0.25, -0.2) is 0 Å². The summed E-state index contributed by atoms with van der Waals surface area (Å²) in [5.41, 5.74) is 3.72. The van der Waals surface area contributed by atoms with Gasteiger partial charge < -0.3 is 4.74 Å². The number of hydrogen-bond donors (Lipinski definition) is 0. The molecule has 0 radical (unpaired) electrons. The van der Waals surface area contributed by atoms with Crippen LogP contribution in [0.2, 0.25) is 0 Å². The quantitative estimate of drug-likeness (QED) is 0.139. The number of aromatic nitrogens is 3. The molecule has 1 saturated heterocycles. The fraction of sp³-hybridized carbons (Fsp3) is 0.583. The van der Waals surface area contributed by atoms with E-state index in [-0.39, 0.29) is 17.9 Å². The van der Waals surface area contributed by atoms with Crippen molar-refractivity contribution < 1.29 is 26.5 Å². The van der Waals surface area contributed by atoms with E-state index < -0.39 is 20.2 Å². The van der Waals surface area contributed by atoms with Gasteiger partial charge in [0.05, 0.1) is 12.8 Å². The maximum atomic E-state index is 14.4. The molecule has 3 aliphatic rings. The molecule has 0 unspecified atom stereocenters. The van der Waals surface area contributed by atoms with Crippen LogP contribution < -0.4 is 9.64 Å². The van der Waals surface area contributed by atoms with Crippen LogP contribution in [0.15, 0.2) is 41.1 Å². The maximum absolute atomic E-state index is 14.4. The molecule has 11 nitrogen and oxygen atoms in total. The summed E-state index contributed by atoms with van der Waals surface area (Å²) in [6, 6.07) is 8.03. The summed E-state index contributed by atoms with van der Waals surface area (Å²) in [6.07, 6.45) is 11.0. The van der Waals surface area contributed by atoms with Crippen LogP contribution in [0.4, 0.5) is 10.6 Å². The molecule has 3 fully saturated rings. The third-order valence-electron chi connectivity index (χ3n) is 9.82. The van der Waals surface area contributed by atoms with E-state index in [0.29, 0.717) is 43.3 Å². The first-order valence-corrected chi connectivity index (χ1v) is 21.0. The van der Waals surface area contributed by atoms with E-state index >= 15 is 0 Å². The molecule has 2 saturated carbocycles. The van der Waals surface area contributed by atoms with Crippen LogP contribution in [-0.4, -0.2) is 81.7 Å². The summed E-state index contributed by atoms with van der Waals surface area (Å²) >= 11 is -1.94. The number of carbonyl (C=O) groups is 2. The molecular weight excluding hydrogens is 725 g/mol. The topological polar surface area (TPSA) is 120 Å². The van der Waals surface area contributed by atoms with Crippen molar-refractivity contribution in [3.8, 4) is 17.0 Å². The number of carbonyl (C=O) groups excluding carboxylic acids is 2. The summed E-state index contributed by atoms with van der Waals surface area (Å²) in [4.78, 5) is 44.8. The van der Waals surface area contributed by atoms with Crippen molar-refractivity contribution in [1.29, 1.82) is 0 Å². The molecule has 260 valence electrons. The van der Waals surface area contributed by atoms with Crippen LogP contribution >= 0.6 is 20.2 Å². The predicted molar refractivity (Wildman–Crippen MR) is 192 cm³/mol. The number of hydrogen-bond acceptors (Lipinski definition) is 9. The Morgan fingerprint density at radius 2 is 1.73 bits per heavy atom. The zero-order valence-corrected chi connectivity index (χ0v) is 30.7. The fourth-order valence-electron chi connectivity index (χ4n) is 6.63. The van der Waals surface area contributed by atoms with Crippen LogP contribution in [0.1, 0.15) is 80.5 Å². The van der Waals surface area contributed by atoms with Gasteiger partial charge in [0.15, 0.2) is 0 Å². The van der Waals surface area contributed by atoms with E-state index in [1.54, 1.807) is 38.6 Å². The number of rotatable bonds is 12. The minimum absolute atomic E-state index is 0.118. The van der Waals surface area contributed by atoms with E-state index in [1.807, 2.05) is 30.0 Å². The van der Waals surface area contributed by atoms with E-state index in [0.717, 1.165) is 94.5 Å². The number of methoxy groups -OCH3 is 2. The minimum atomic E-state index is -1.94. The second-order valence-electron chi connectivity index (χ2n) is 13.3. The Balaban J connectivity index is 1.14. The Labute approximate surface area is 291 Å². The number of oxazole rings is 1. The molecule has 2 aliphatic carbocycles. The van der Waals surface area contributed by atoms with Crippen molar-refractivity contribution in [3.63, 3.8) is 0 Å². The zero-order chi connectivity index (χ0) is 33.6. The van der Waals surface area contributed by atoms with Gasteiger partial charge in [-0.15, -0.1) is 0 Å². The molecule has 3 aromatic heterocycles. The number of alkyl halides is 2. The molecule has 0 aromatic carbocycles. The molecular formula is C36H48IN5O6. The first kappa shape index (κ1) is 34.6. The molecule has 12 heteroatoms. The normalized spacial score (nSPS) is 20.7. The van der Waals surface area contributed by atoms with Crippen molar-refractivity contribution in [2.24, 2.45) is 11.8 Å². The number of amides is 2. The van der Waals surface area contributed by atoms with Gasteiger partial charge in [-0.1, -0.05) is 0 Å². The molecule has 1 aliphatic heterocycles. The van der Waals surface area contributed by atoms with Gasteiger partial charge in [0.2, 0.25) is 0 Å². The van der Waals surface area contributed by atoms with E-state index in [9.17, 15) is 9.59 Å². The summed E-state index contributed by atoms with van der Waals surface area (Å²) in [6.45, 7) is 3.59. The number of aryl methyl sites for hydroxylation is 1. The van der Waals surface area contributed by atoms with Gasteiger partial charge in [0.1, 0.15) is 5.75 Å². The van der Waals surface area contributed by atoms with Gasteiger partial charge in [-0.3, -0.25) is 0 Å². The van der Waals surface area contributed by atoms with E-state index in [1.165, 1.54) is 0 Å². The van der Waals surface area contributed by atoms with Gasteiger partial charge in [-0.05, 0) is 25.8 Å². The number of nitrogens with zero attached hydrogens (tertiary/aromatic N) is 5. The molecule has 0 spiro atoms. The molecule has 0 bridgehead atoms. The summed E-state index contributed by atoms with van der Waals surface area (Å²) in [7, 11) is 5.03. The predicted octanol–water partition coefficient (Wildman–Crippen LogP) is 7.18. The Hall–Kier alpha value is -3.26.